The molecule has 1 unspecified atom stereocenters. The van der Waals surface area contributed by atoms with Crippen molar-refractivity contribution in [3.63, 3.8) is 0 Å². The SMILES string of the molecule is COCC(C)(C)c1c([C@H]2CCC(C(=O)O)OC2)c2cc3[nH]ncc3cc2n1-c1ccc(F)c(OC)c1. The average Bonchev–Trinajstić information content (AvgIpc) is 3.45. The molecule has 36 heavy (non-hydrogen) atoms. The molecule has 1 fully saturated rings. The number of nitrogens with one attached hydrogen (secondary N) is 1. The molecule has 190 valence electrons. The fourth-order valence-electron chi connectivity index (χ4n) is 5.49. The molecule has 0 saturated carbocycles. The highest BCUT2D eigenvalue weighted by Crippen LogP contribution is 2.45. The molecular formula is C27H30FN3O5. The summed E-state index contributed by atoms with van der Waals surface area (Å²) in [5, 5.41) is 18.7. The van der Waals surface area contributed by atoms with Gasteiger partial charge < -0.3 is 23.9 Å². The summed E-state index contributed by atoms with van der Waals surface area (Å²) in [7, 11) is 3.12. The Morgan fingerprint density at radius 1 is 1.28 bits per heavy atom. The van der Waals surface area contributed by atoms with Crippen LogP contribution in [0.2, 0.25) is 0 Å². The van der Waals surface area contributed by atoms with Crippen molar-refractivity contribution >= 4 is 27.8 Å². The van der Waals surface area contributed by atoms with E-state index < -0.39 is 23.3 Å². The van der Waals surface area contributed by atoms with Crippen LogP contribution in [0.5, 0.6) is 5.75 Å². The number of nitrogens with zero attached hydrogens (tertiary/aromatic N) is 2. The largest absolute Gasteiger partial charge is 0.494 e. The molecule has 8 nitrogen and oxygen atoms in total. The zero-order chi connectivity index (χ0) is 25.6. The average molecular weight is 496 g/mol. The number of ether oxygens (including phenoxy) is 3. The van der Waals surface area contributed by atoms with Crippen molar-refractivity contribution in [2.24, 2.45) is 0 Å². The van der Waals surface area contributed by atoms with Gasteiger partial charge in [-0.1, -0.05) is 13.8 Å². The molecule has 2 aromatic heterocycles. The predicted octanol–water partition coefficient (Wildman–Crippen LogP) is 4.93. The molecule has 0 amide bonds. The summed E-state index contributed by atoms with van der Waals surface area (Å²) < 4.78 is 33.3. The fourth-order valence-corrected chi connectivity index (χ4v) is 5.49. The highest BCUT2D eigenvalue weighted by atomic mass is 19.1. The van der Waals surface area contributed by atoms with E-state index in [1.807, 2.05) is 0 Å². The van der Waals surface area contributed by atoms with E-state index in [1.54, 1.807) is 25.4 Å². The maximum atomic E-state index is 14.4. The van der Waals surface area contributed by atoms with Gasteiger partial charge in [-0.2, -0.15) is 5.10 Å². The van der Waals surface area contributed by atoms with Gasteiger partial charge in [0.2, 0.25) is 0 Å². The third-order valence-electron chi connectivity index (χ3n) is 7.07. The first-order valence-corrected chi connectivity index (χ1v) is 11.9. The zero-order valence-corrected chi connectivity index (χ0v) is 20.8. The standard InChI is InChI=1S/C27H30FN3O5/c1-27(2,14-34-3)25-24(15-5-8-22(26(32)33)36-13-15)18-11-20-16(12-29-30-20)9-21(18)31(25)17-6-7-19(28)23(10-17)35-4/h6-7,9-12,15,22H,5,8,13-14H2,1-4H3,(H,29,30)(H,32,33)/t15-,22?/m0/s1. The summed E-state index contributed by atoms with van der Waals surface area (Å²) in [6.45, 7) is 4.96. The van der Waals surface area contributed by atoms with Crippen molar-refractivity contribution in [2.45, 2.75) is 44.1 Å². The molecule has 3 heterocycles. The fraction of sp³-hybridized carbons (Fsp3) is 0.407. The lowest BCUT2D eigenvalue weighted by atomic mass is 9.80. The minimum Gasteiger partial charge on any atom is -0.494 e. The van der Waals surface area contributed by atoms with Crippen molar-refractivity contribution in [1.29, 1.82) is 0 Å². The van der Waals surface area contributed by atoms with Crippen LogP contribution < -0.4 is 4.74 Å². The number of aromatic nitrogens is 3. The molecule has 5 rings (SSSR count). The zero-order valence-electron chi connectivity index (χ0n) is 20.8. The van der Waals surface area contributed by atoms with Gasteiger partial charge in [0.15, 0.2) is 17.7 Å². The van der Waals surface area contributed by atoms with Crippen molar-refractivity contribution in [2.75, 3.05) is 27.4 Å². The number of benzene rings is 2. The highest BCUT2D eigenvalue weighted by Gasteiger charge is 2.37. The number of aromatic amines is 1. The van der Waals surface area contributed by atoms with E-state index in [2.05, 4.69) is 40.7 Å². The Hall–Kier alpha value is -3.43. The van der Waals surface area contributed by atoms with Crippen LogP contribution in [-0.2, 0) is 19.7 Å². The van der Waals surface area contributed by atoms with Gasteiger partial charge in [-0.15, -0.1) is 0 Å². The maximum Gasteiger partial charge on any atom is 0.332 e. The molecule has 0 radical (unpaired) electrons. The Kier molecular flexibility index (Phi) is 6.22. The third-order valence-corrected chi connectivity index (χ3v) is 7.07. The summed E-state index contributed by atoms with van der Waals surface area (Å²) in [6, 6.07) is 9.00. The number of carbonyl (C=O) groups is 1. The first-order valence-electron chi connectivity index (χ1n) is 11.9. The van der Waals surface area contributed by atoms with Crippen LogP contribution in [0.25, 0.3) is 27.5 Å². The second kappa shape index (κ2) is 9.22. The number of rotatable bonds is 7. The molecule has 1 saturated heterocycles. The number of halogens is 1. The van der Waals surface area contributed by atoms with Crippen LogP contribution in [0.4, 0.5) is 4.39 Å². The van der Waals surface area contributed by atoms with Crippen LogP contribution in [0.3, 0.4) is 0 Å². The van der Waals surface area contributed by atoms with Gasteiger partial charge >= 0.3 is 5.97 Å². The first-order chi connectivity index (χ1) is 17.2. The van der Waals surface area contributed by atoms with Crippen LogP contribution in [0, 0.1) is 5.82 Å². The van der Waals surface area contributed by atoms with E-state index in [1.165, 1.54) is 13.2 Å². The van der Waals surface area contributed by atoms with Gasteiger partial charge in [-0.3, -0.25) is 5.10 Å². The van der Waals surface area contributed by atoms with Crippen LogP contribution >= 0.6 is 0 Å². The molecule has 2 N–H and O–H groups in total. The molecule has 1 aliphatic heterocycles. The van der Waals surface area contributed by atoms with Crippen LogP contribution in [-0.4, -0.2) is 59.4 Å². The van der Waals surface area contributed by atoms with E-state index in [9.17, 15) is 14.3 Å². The summed E-state index contributed by atoms with van der Waals surface area (Å²) in [5.41, 5.74) is 4.24. The topological polar surface area (TPSA) is 98.6 Å². The number of methoxy groups -OCH3 is 2. The van der Waals surface area contributed by atoms with E-state index in [4.69, 9.17) is 14.2 Å². The lowest BCUT2D eigenvalue weighted by Crippen LogP contribution is -2.33. The number of hydrogen-bond acceptors (Lipinski definition) is 5. The monoisotopic (exact) mass is 495 g/mol. The normalized spacial score (nSPS) is 18.7. The van der Waals surface area contributed by atoms with Gasteiger partial charge in [0, 0.05) is 46.7 Å². The minimum absolute atomic E-state index is 0.0294. The number of H-pyrrole nitrogens is 1. The predicted molar refractivity (Wildman–Crippen MR) is 134 cm³/mol. The minimum atomic E-state index is -0.937. The molecule has 0 aliphatic carbocycles. The first kappa shape index (κ1) is 24.3. The molecule has 1 aliphatic rings. The van der Waals surface area contributed by atoms with E-state index in [0.29, 0.717) is 26.1 Å². The van der Waals surface area contributed by atoms with E-state index >= 15 is 0 Å². The molecule has 2 aromatic carbocycles. The van der Waals surface area contributed by atoms with Crippen LogP contribution in [0.1, 0.15) is 43.9 Å². The summed E-state index contributed by atoms with van der Waals surface area (Å²) >= 11 is 0. The third kappa shape index (κ3) is 4.02. The Bertz CT molecular complexity index is 1430. The summed E-state index contributed by atoms with van der Waals surface area (Å²) in [4.78, 5) is 11.5. The van der Waals surface area contributed by atoms with Gasteiger partial charge in [0.05, 0.1) is 37.6 Å². The van der Waals surface area contributed by atoms with E-state index in [0.717, 1.165) is 38.8 Å². The van der Waals surface area contributed by atoms with Gasteiger partial charge in [0.1, 0.15) is 0 Å². The van der Waals surface area contributed by atoms with Gasteiger partial charge in [-0.25, -0.2) is 9.18 Å². The Balaban J connectivity index is 1.83. The Morgan fingerprint density at radius 3 is 2.75 bits per heavy atom. The quantitative estimate of drug-likeness (QED) is 0.377. The van der Waals surface area contributed by atoms with E-state index in [-0.39, 0.29) is 11.7 Å². The molecule has 2 atom stereocenters. The van der Waals surface area contributed by atoms with Gasteiger partial charge in [0.25, 0.3) is 0 Å². The Morgan fingerprint density at radius 2 is 2.08 bits per heavy atom. The molecule has 4 aromatic rings. The lowest BCUT2D eigenvalue weighted by Gasteiger charge is -2.32. The molecule has 0 spiro atoms. The summed E-state index contributed by atoms with van der Waals surface area (Å²) in [5.74, 6) is -1.25. The number of carboxylic acids is 1. The van der Waals surface area contributed by atoms with Crippen molar-refractivity contribution in [3.05, 3.63) is 53.6 Å². The van der Waals surface area contributed by atoms with Crippen LogP contribution in [0.15, 0.2) is 36.5 Å². The number of aliphatic carboxylic acids is 1. The number of carboxylic acid groups (broad SMARTS) is 1. The molecular weight excluding hydrogens is 465 g/mol. The van der Waals surface area contributed by atoms with Crippen molar-refractivity contribution in [3.8, 4) is 11.4 Å². The lowest BCUT2D eigenvalue weighted by molar-refractivity contribution is -0.153. The second-order valence-corrected chi connectivity index (χ2v) is 9.99. The maximum absolute atomic E-state index is 14.4. The molecule has 0 bridgehead atoms. The Labute approximate surface area is 208 Å². The number of fused-ring (bicyclic) bond motifs is 2. The smallest absolute Gasteiger partial charge is 0.332 e. The second-order valence-electron chi connectivity index (χ2n) is 9.99. The van der Waals surface area contributed by atoms with Crippen molar-refractivity contribution in [1.82, 2.24) is 14.8 Å². The molecule has 9 heteroatoms. The highest BCUT2D eigenvalue weighted by molar-refractivity contribution is 5.99. The summed E-state index contributed by atoms with van der Waals surface area (Å²) in [6.07, 6.45) is 2.07. The number of hydrogen-bond donors (Lipinski definition) is 2. The van der Waals surface area contributed by atoms with Gasteiger partial charge in [-0.05, 0) is 42.7 Å². The van der Waals surface area contributed by atoms with Crippen molar-refractivity contribution < 1.29 is 28.5 Å².